The summed E-state index contributed by atoms with van der Waals surface area (Å²) >= 11 is 0. The van der Waals surface area contributed by atoms with E-state index in [0.717, 1.165) is 54.4 Å². The van der Waals surface area contributed by atoms with E-state index in [0.29, 0.717) is 11.7 Å². The van der Waals surface area contributed by atoms with Gasteiger partial charge in [0.1, 0.15) is 17.5 Å². The lowest BCUT2D eigenvalue weighted by atomic mass is 10.0. The van der Waals surface area contributed by atoms with Crippen LogP contribution in [0.15, 0.2) is 30.9 Å². The highest BCUT2D eigenvalue weighted by atomic mass is 15.3. The second kappa shape index (κ2) is 5.40. The predicted octanol–water partition coefficient (Wildman–Crippen LogP) is 1.05. The summed E-state index contributed by atoms with van der Waals surface area (Å²) in [6.45, 7) is 1.88. The van der Waals surface area contributed by atoms with Crippen LogP contribution in [-0.4, -0.2) is 47.6 Å². The lowest BCUT2D eigenvalue weighted by Crippen LogP contribution is -2.21. The maximum absolute atomic E-state index is 5.61. The van der Waals surface area contributed by atoms with E-state index in [-0.39, 0.29) is 0 Å². The summed E-state index contributed by atoms with van der Waals surface area (Å²) in [7, 11) is 0. The van der Waals surface area contributed by atoms with Gasteiger partial charge in [-0.2, -0.15) is 0 Å². The molecule has 1 aliphatic rings. The van der Waals surface area contributed by atoms with Crippen LogP contribution in [0.2, 0.25) is 0 Å². The quantitative estimate of drug-likeness (QED) is 0.575. The van der Waals surface area contributed by atoms with Crippen molar-refractivity contribution in [2.45, 2.75) is 12.8 Å². The van der Waals surface area contributed by atoms with E-state index in [2.05, 4.69) is 39.4 Å². The van der Waals surface area contributed by atoms with Crippen LogP contribution in [0.1, 0.15) is 12.2 Å². The van der Waals surface area contributed by atoms with Crippen LogP contribution in [0.3, 0.4) is 0 Å². The molecule has 4 aromatic rings. The Kier molecular flexibility index (Phi) is 3.06. The highest BCUT2D eigenvalue weighted by molar-refractivity contribution is 5.74. The molecule has 0 aliphatic carbocycles. The number of nitrogen functional groups attached to an aromatic ring is 1. The van der Waals surface area contributed by atoms with Gasteiger partial charge in [0.2, 0.25) is 0 Å². The van der Waals surface area contributed by atoms with Crippen LogP contribution < -0.4 is 10.6 Å². The number of nitrogens with two attached hydrogens (primary N) is 1. The first-order valence-corrected chi connectivity index (χ1v) is 8.26. The number of nitrogens with zero attached hydrogens (tertiary/aromatic N) is 7. The zero-order valence-corrected chi connectivity index (χ0v) is 13.5. The Morgan fingerprint density at radius 1 is 1.16 bits per heavy atom. The van der Waals surface area contributed by atoms with E-state index in [1.165, 1.54) is 0 Å². The molecule has 1 fully saturated rings. The average Bonchev–Trinajstić information content (AvgIpc) is 3.34. The molecule has 1 saturated heterocycles. The molecule has 25 heavy (non-hydrogen) atoms. The minimum Gasteiger partial charge on any atom is -0.382 e. The Labute approximate surface area is 142 Å². The van der Waals surface area contributed by atoms with Crippen LogP contribution in [0, 0.1) is 5.92 Å². The Bertz CT molecular complexity index is 1030. The monoisotopic (exact) mass is 335 g/mol. The van der Waals surface area contributed by atoms with Crippen molar-refractivity contribution in [1.29, 1.82) is 0 Å². The molecular weight excluding hydrogens is 318 g/mol. The zero-order valence-electron chi connectivity index (χ0n) is 13.5. The van der Waals surface area contributed by atoms with Crippen LogP contribution in [-0.2, 0) is 6.42 Å². The van der Waals surface area contributed by atoms with Crippen molar-refractivity contribution in [2.24, 2.45) is 5.92 Å². The minimum absolute atomic E-state index is 0.443. The van der Waals surface area contributed by atoms with E-state index in [1.54, 1.807) is 18.6 Å². The smallest absolute Gasteiger partial charge is 0.179 e. The number of fused-ring (bicyclic) bond motifs is 3. The largest absolute Gasteiger partial charge is 0.382 e. The second-order valence-electron chi connectivity index (χ2n) is 6.38. The number of hydrogen-bond donors (Lipinski definition) is 2. The molecule has 0 saturated carbocycles. The first kappa shape index (κ1) is 14.1. The van der Waals surface area contributed by atoms with E-state index in [1.807, 2.05) is 12.3 Å². The Morgan fingerprint density at radius 3 is 3.00 bits per heavy atom. The molecule has 9 nitrogen and oxygen atoms in total. The van der Waals surface area contributed by atoms with Crippen molar-refractivity contribution in [2.75, 3.05) is 23.7 Å². The van der Waals surface area contributed by atoms with Crippen molar-refractivity contribution in [3.05, 3.63) is 36.7 Å². The van der Waals surface area contributed by atoms with Crippen LogP contribution in [0.25, 0.3) is 16.8 Å². The van der Waals surface area contributed by atoms with E-state index in [4.69, 9.17) is 5.73 Å². The van der Waals surface area contributed by atoms with E-state index < -0.39 is 0 Å². The number of H-pyrrole nitrogens is 1. The molecule has 0 amide bonds. The molecule has 5 heterocycles. The third-order valence-electron chi connectivity index (χ3n) is 4.75. The maximum atomic E-state index is 5.61. The molecule has 3 N–H and O–H groups in total. The van der Waals surface area contributed by atoms with Gasteiger partial charge in [0.05, 0.1) is 24.1 Å². The fraction of sp³-hybridized carbons (Fsp3) is 0.312. The number of hydrogen-bond acceptors (Lipinski definition) is 7. The van der Waals surface area contributed by atoms with Crippen molar-refractivity contribution < 1.29 is 0 Å². The number of aromatic amines is 1. The molecule has 0 aromatic carbocycles. The topological polar surface area (TPSA) is 114 Å². The van der Waals surface area contributed by atoms with Crippen LogP contribution in [0.4, 0.5) is 11.6 Å². The van der Waals surface area contributed by atoms with Gasteiger partial charge in [-0.1, -0.05) is 0 Å². The second-order valence-corrected chi connectivity index (χ2v) is 6.38. The lowest BCUT2D eigenvalue weighted by Gasteiger charge is -2.16. The Hall–Kier alpha value is -3.23. The Balaban J connectivity index is 1.40. The fourth-order valence-corrected chi connectivity index (χ4v) is 3.53. The van der Waals surface area contributed by atoms with Crippen molar-refractivity contribution in [3.8, 4) is 0 Å². The molecule has 0 bridgehead atoms. The predicted molar refractivity (Wildman–Crippen MR) is 93.1 cm³/mol. The van der Waals surface area contributed by atoms with Crippen molar-refractivity contribution in [3.63, 3.8) is 0 Å². The van der Waals surface area contributed by atoms with E-state index >= 15 is 0 Å². The number of aromatic nitrogens is 7. The third-order valence-corrected chi connectivity index (χ3v) is 4.75. The molecule has 9 heteroatoms. The lowest BCUT2D eigenvalue weighted by molar-refractivity contribution is 0.565. The number of nitrogens with one attached hydrogen (secondary N) is 1. The summed E-state index contributed by atoms with van der Waals surface area (Å²) < 4.78 is 2.09. The fourth-order valence-electron chi connectivity index (χ4n) is 3.53. The zero-order chi connectivity index (χ0) is 16.8. The summed E-state index contributed by atoms with van der Waals surface area (Å²) in [5, 5.41) is 8.66. The molecule has 1 unspecified atom stereocenters. The standard InChI is InChI=1S/C16H17N9/c17-12-6-20-14(7-19-12)24-4-2-10(9-24)5-13-22-23-15-8-21-16-11(25(13)15)1-3-18-16/h1,3,6-8,10,18H,2,4-5,9H2,(H2,17,19). The summed E-state index contributed by atoms with van der Waals surface area (Å²) in [6.07, 6.45) is 8.93. The normalized spacial score (nSPS) is 17.8. The average molecular weight is 335 g/mol. The van der Waals surface area contributed by atoms with Gasteiger partial charge < -0.3 is 15.6 Å². The first-order valence-electron chi connectivity index (χ1n) is 8.26. The van der Waals surface area contributed by atoms with Crippen LogP contribution >= 0.6 is 0 Å². The molecule has 126 valence electrons. The summed E-state index contributed by atoms with van der Waals surface area (Å²) in [5.74, 6) is 2.78. The molecular formula is C16H17N9. The minimum atomic E-state index is 0.443. The van der Waals surface area contributed by atoms with E-state index in [9.17, 15) is 0 Å². The maximum Gasteiger partial charge on any atom is 0.179 e. The van der Waals surface area contributed by atoms with Gasteiger partial charge in [-0.25, -0.2) is 15.0 Å². The van der Waals surface area contributed by atoms with Gasteiger partial charge in [-0.3, -0.25) is 4.40 Å². The number of anilines is 2. The molecule has 0 radical (unpaired) electrons. The highest BCUT2D eigenvalue weighted by Gasteiger charge is 2.26. The molecule has 4 aromatic heterocycles. The van der Waals surface area contributed by atoms with Gasteiger partial charge in [0.15, 0.2) is 11.3 Å². The molecule has 0 spiro atoms. The van der Waals surface area contributed by atoms with Crippen molar-refractivity contribution in [1.82, 2.24) is 34.5 Å². The van der Waals surface area contributed by atoms with Gasteiger partial charge >= 0.3 is 0 Å². The summed E-state index contributed by atoms with van der Waals surface area (Å²) in [6, 6.07) is 2.01. The van der Waals surface area contributed by atoms with Gasteiger partial charge in [-0.15, -0.1) is 10.2 Å². The first-order chi connectivity index (χ1) is 12.3. The SMILES string of the molecule is Nc1cnc(N2CCC(Cc3nnc4cnc5[nH]ccc5n34)C2)cn1. The van der Waals surface area contributed by atoms with Crippen molar-refractivity contribution >= 4 is 28.4 Å². The summed E-state index contributed by atoms with van der Waals surface area (Å²) in [4.78, 5) is 18.2. The Morgan fingerprint density at radius 2 is 2.12 bits per heavy atom. The van der Waals surface area contributed by atoms with Gasteiger partial charge in [-0.05, 0) is 18.4 Å². The number of rotatable bonds is 3. The van der Waals surface area contributed by atoms with Gasteiger partial charge in [0.25, 0.3) is 0 Å². The molecule has 1 atom stereocenters. The van der Waals surface area contributed by atoms with Crippen LogP contribution in [0.5, 0.6) is 0 Å². The molecule has 1 aliphatic heterocycles. The molecule has 5 rings (SSSR count). The summed E-state index contributed by atoms with van der Waals surface area (Å²) in [5.41, 5.74) is 8.25. The highest BCUT2D eigenvalue weighted by Crippen LogP contribution is 2.25. The third kappa shape index (κ3) is 2.35. The van der Waals surface area contributed by atoms with Gasteiger partial charge in [0, 0.05) is 25.7 Å².